The Morgan fingerprint density at radius 3 is 2.30 bits per heavy atom. The van der Waals surface area contributed by atoms with Gasteiger partial charge in [0.1, 0.15) is 0 Å². The van der Waals surface area contributed by atoms with Crippen LogP contribution in [0.25, 0.3) is 0 Å². The molecule has 1 rings (SSSR count). The molecule has 0 aliphatic heterocycles. The van der Waals surface area contributed by atoms with E-state index in [9.17, 15) is 0 Å². The molecule has 1 N–H and O–H groups in total. The number of para-hydroxylation sites is 1. The number of hydrogen-bond donors (Lipinski definition) is 1. The molecule has 0 unspecified atom stereocenters. The van der Waals surface area contributed by atoms with Crippen molar-refractivity contribution in [3.8, 4) is 0 Å². The van der Waals surface area contributed by atoms with Gasteiger partial charge in [0, 0.05) is 11.4 Å². The summed E-state index contributed by atoms with van der Waals surface area (Å²) < 4.78 is 0. The fourth-order valence-corrected chi connectivity index (χ4v) is 1.53. The van der Waals surface area contributed by atoms with Crippen molar-refractivity contribution in [2.45, 2.75) is 6.92 Å². The van der Waals surface area contributed by atoms with Crippen LogP contribution in [-0.4, -0.2) is 0 Å². The number of allylic oxidation sites excluding steroid dienone is 7. The Morgan fingerprint density at radius 1 is 1.00 bits per heavy atom. The predicted molar refractivity (Wildman–Crippen MR) is 90.7 cm³/mol. The summed E-state index contributed by atoms with van der Waals surface area (Å²) in [6.07, 6.45) is 9.20. The quantitative estimate of drug-likeness (QED) is 0.655. The average Bonchev–Trinajstić information content (AvgIpc) is 2.44. The lowest BCUT2D eigenvalue weighted by Gasteiger charge is -2.09. The highest BCUT2D eigenvalue weighted by molar-refractivity contribution is 5.56. The highest BCUT2D eigenvalue weighted by Crippen LogP contribution is 2.16. The Morgan fingerprint density at radius 2 is 1.65 bits per heavy atom. The fraction of sp³-hybridized carbons (Fsp3) is 0.0526. The Hall–Kier alpha value is -2.54. The van der Waals surface area contributed by atoms with Crippen LogP contribution in [0.4, 0.5) is 5.69 Å². The van der Waals surface area contributed by atoms with Crippen molar-refractivity contribution in [3.63, 3.8) is 0 Å². The van der Waals surface area contributed by atoms with Crippen molar-refractivity contribution >= 4 is 5.69 Å². The van der Waals surface area contributed by atoms with E-state index in [0.717, 1.165) is 22.5 Å². The van der Waals surface area contributed by atoms with Gasteiger partial charge < -0.3 is 5.32 Å². The number of aryl methyl sites for hydroxylation is 1. The highest BCUT2D eigenvalue weighted by Gasteiger charge is 1.96. The van der Waals surface area contributed by atoms with E-state index in [0.29, 0.717) is 0 Å². The molecule has 0 heterocycles. The summed E-state index contributed by atoms with van der Waals surface area (Å²) in [6, 6.07) is 8.08. The van der Waals surface area contributed by atoms with Crippen LogP contribution in [0.3, 0.4) is 0 Å². The van der Waals surface area contributed by atoms with Crippen molar-refractivity contribution in [2.75, 3.05) is 5.32 Å². The number of benzene rings is 1. The van der Waals surface area contributed by atoms with Gasteiger partial charge in [-0.2, -0.15) is 0 Å². The van der Waals surface area contributed by atoms with Crippen molar-refractivity contribution in [3.05, 3.63) is 103 Å². The number of nitrogens with one attached hydrogen (secondary N) is 1. The van der Waals surface area contributed by atoms with Gasteiger partial charge in [-0.25, -0.2) is 0 Å². The minimum absolute atomic E-state index is 0.806. The number of anilines is 1. The maximum atomic E-state index is 3.98. The van der Waals surface area contributed by atoms with E-state index in [4.69, 9.17) is 0 Å². The number of hydrogen-bond acceptors (Lipinski definition) is 1. The molecule has 0 saturated heterocycles. The van der Waals surface area contributed by atoms with Crippen molar-refractivity contribution in [1.29, 1.82) is 0 Å². The van der Waals surface area contributed by atoms with Gasteiger partial charge in [0.05, 0.1) is 0 Å². The monoisotopic (exact) mass is 263 g/mol. The van der Waals surface area contributed by atoms with Gasteiger partial charge in [-0.1, -0.05) is 68.8 Å². The molecule has 1 aromatic carbocycles. The van der Waals surface area contributed by atoms with Gasteiger partial charge in [-0.05, 0) is 35.8 Å². The second kappa shape index (κ2) is 7.80. The Labute approximate surface area is 122 Å². The minimum atomic E-state index is 0.806. The predicted octanol–water partition coefficient (Wildman–Crippen LogP) is 5.33. The SMILES string of the molecule is C=C/C=C\C(=C)C(=C)/C=C\C(=C)Nc1ccccc1C. The molecule has 0 radical (unpaired) electrons. The first kappa shape index (κ1) is 15.5. The molecule has 0 atom stereocenters. The fourth-order valence-electron chi connectivity index (χ4n) is 1.53. The zero-order valence-electron chi connectivity index (χ0n) is 12.0. The minimum Gasteiger partial charge on any atom is -0.356 e. The van der Waals surface area contributed by atoms with E-state index in [1.54, 1.807) is 6.08 Å². The van der Waals surface area contributed by atoms with E-state index in [1.165, 1.54) is 5.56 Å². The van der Waals surface area contributed by atoms with Crippen molar-refractivity contribution in [2.24, 2.45) is 0 Å². The van der Waals surface area contributed by atoms with E-state index < -0.39 is 0 Å². The Balaban J connectivity index is 2.62. The van der Waals surface area contributed by atoms with Crippen LogP contribution < -0.4 is 5.32 Å². The molecule has 0 spiro atoms. The second-order valence-corrected chi connectivity index (χ2v) is 4.44. The van der Waals surface area contributed by atoms with E-state index >= 15 is 0 Å². The summed E-state index contributed by atoms with van der Waals surface area (Å²) in [5.41, 5.74) is 4.74. The van der Waals surface area contributed by atoms with Crippen molar-refractivity contribution < 1.29 is 0 Å². The molecule has 0 aromatic heterocycles. The summed E-state index contributed by atoms with van der Waals surface area (Å²) in [6.45, 7) is 17.6. The van der Waals surface area contributed by atoms with E-state index in [-0.39, 0.29) is 0 Å². The van der Waals surface area contributed by atoms with Crippen LogP contribution in [0, 0.1) is 6.92 Å². The van der Waals surface area contributed by atoms with Crippen LogP contribution in [0.2, 0.25) is 0 Å². The summed E-state index contributed by atoms with van der Waals surface area (Å²) in [5.74, 6) is 0. The lowest BCUT2D eigenvalue weighted by Crippen LogP contribution is -1.97. The van der Waals surface area contributed by atoms with Crippen LogP contribution in [0.1, 0.15) is 5.56 Å². The largest absolute Gasteiger partial charge is 0.356 e. The first-order valence-corrected chi connectivity index (χ1v) is 6.41. The smallest absolute Gasteiger partial charge is 0.0413 e. The standard InChI is InChI=1S/C19H21N/c1-6-7-10-15(2)16(3)13-14-18(5)20-19-12-9-8-11-17(19)4/h6-14,20H,1-3,5H2,4H3/b10-7-,14-13-. The van der Waals surface area contributed by atoms with Crippen LogP contribution in [0.5, 0.6) is 0 Å². The molecule has 1 nitrogen and oxygen atoms in total. The van der Waals surface area contributed by atoms with E-state index in [1.807, 2.05) is 42.5 Å². The van der Waals surface area contributed by atoms with E-state index in [2.05, 4.69) is 44.6 Å². The third-order valence-corrected chi connectivity index (χ3v) is 2.77. The molecule has 0 bridgehead atoms. The maximum Gasteiger partial charge on any atom is 0.0413 e. The summed E-state index contributed by atoms with van der Waals surface area (Å²) in [5, 5.41) is 3.26. The van der Waals surface area contributed by atoms with Gasteiger partial charge in [0.15, 0.2) is 0 Å². The molecular weight excluding hydrogens is 242 g/mol. The molecule has 0 aliphatic carbocycles. The van der Waals surface area contributed by atoms with Crippen LogP contribution >= 0.6 is 0 Å². The lowest BCUT2D eigenvalue weighted by molar-refractivity contribution is 1.40. The van der Waals surface area contributed by atoms with Gasteiger partial charge in [-0.15, -0.1) is 0 Å². The maximum absolute atomic E-state index is 3.98. The topological polar surface area (TPSA) is 12.0 Å². The van der Waals surface area contributed by atoms with Gasteiger partial charge in [0.2, 0.25) is 0 Å². The zero-order valence-corrected chi connectivity index (χ0v) is 12.0. The molecule has 102 valence electrons. The van der Waals surface area contributed by atoms with Gasteiger partial charge >= 0.3 is 0 Å². The summed E-state index contributed by atoms with van der Waals surface area (Å²) in [4.78, 5) is 0. The average molecular weight is 263 g/mol. The highest BCUT2D eigenvalue weighted by atomic mass is 14.9. The van der Waals surface area contributed by atoms with Crippen LogP contribution in [-0.2, 0) is 0 Å². The zero-order chi connectivity index (χ0) is 15.0. The third-order valence-electron chi connectivity index (χ3n) is 2.77. The second-order valence-electron chi connectivity index (χ2n) is 4.44. The molecular formula is C19H21N. The molecule has 0 amide bonds. The third kappa shape index (κ3) is 4.99. The molecule has 0 aliphatic rings. The van der Waals surface area contributed by atoms with Crippen LogP contribution in [0.15, 0.2) is 97.8 Å². The van der Waals surface area contributed by atoms with Gasteiger partial charge in [0.25, 0.3) is 0 Å². The first-order chi connectivity index (χ1) is 9.54. The molecule has 1 aromatic rings. The Bertz CT molecular complexity index is 586. The summed E-state index contributed by atoms with van der Waals surface area (Å²) >= 11 is 0. The van der Waals surface area contributed by atoms with Crippen molar-refractivity contribution in [1.82, 2.24) is 0 Å². The first-order valence-electron chi connectivity index (χ1n) is 6.41. The summed E-state index contributed by atoms with van der Waals surface area (Å²) in [7, 11) is 0. The molecule has 1 heteroatoms. The molecule has 20 heavy (non-hydrogen) atoms. The number of rotatable bonds is 7. The molecule has 0 saturated carbocycles. The van der Waals surface area contributed by atoms with Gasteiger partial charge in [-0.3, -0.25) is 0 Å². The normalized spacial score (nSPS) is 10.7. The molecule has 0 fully saturated rings. The Kier molecular flexibility index (Phi) is 6.05. The lowest BCUT2D eigenvalue weighted by atomic mass is 10.1.